The molecular formula is C33H35N3O6. The minimum Gasteiger partial charge on any atom is -0.491 e. The molecule has 3 aromatic rings. The van der Waals surface area contributed by atoms with Crippen molar-refractivity contribution in [1.82, 2.24) is 10.2 Å². The summed E-state index contributed by atoms with van der Waals surface area (Å²) in [6.07, 6.45) is 5.50. The van der Waals surface area contributed by atoms with Crippen LogP contribution in [0.5, 0.6) is 5.75 Å². The maximum Gasteiger partial charge on any atom is 0.325 e. The van der Waals surface area contributed by atoms with E-state index in [-0.39, 0.29) is 0 Å². The number of hydrogen-bond donors (Lipinski definition) is 2. The zero-order valence-electron chi connectivity index (χ0n) is 24.0. The first-order valence-electron chi connectivity index (χ1n) is 13.7. The van der Waals surface area contributed by atoms with Gasteiger partial charge in [0.25, 0.3) is 5.91 Å². The predicted molar refractivity (Wildman–Crippen MR) is 159 cm³/mol. The van der Waals surface area contributed by atoms with Gasteiger partial charge < -0.3 is 24.8 Å². The molecule has 0 radical (unpaired) electrons. The molecule has 3 atom stereocenters. The molecule has 2 N–H and O–H groups in total. The van der Waals surface area contributed by atoms with Gasteiger partial charge >= 0.3 is 6.03 Å². The Morgan fingerprint density at radius 3 is 2.40 bits per heavy atom. The van der Waals surface area contributed by atoms with Crippen molar-refractivity contribution < 1.29 is 28.6 Å². The van der Waals surface area contributed by atoms with E-state index in [9.17, 15) is 14.4 Å². The van der Waals surface area contributed by atoms with Gasteiger partial charge in [-0.1, -0.05) is 55.3 Å². The molecule has 0 aliphatic carbocycles. The quantitative estimate of drug-likeness (QED) is 0.179. The van der Waals surface area contributed by atoms with Crippen molar-refractivity contribution in [2.75, 3.05) is 38.9 Å². The van der Waals surface area contributed by atoms with Crippen molar-refractivity contribution in [2.45, 2.75) is 31.8 Å². The Labute approximate surface area is 246 Å². The molecule has 2 unspecified atom stereocenters. The maximum absolute atomic E-state index is 13.8. The Morgan fingerprint density at radius 2 is 1.74 bits per heavy atom. The van der Waals surface area contributed by atoms with E-state index in [0.29, 0.717) is 49.0 Å². The molecule has 1 saturated heterocycles. The van der Waals surface area contributed by atoms with Crippen molar-refractivity contribution in [3.05, 3.63) is 95.1 Å². The minimum atomic E-state index is -1.11. The first-order chi connectivity index (χ1) is 20.3. The third-order valence-corrected chi connectivity index (χ3v) is 7.11. The molecule has 3 aromatic carbocycles. The van der Waals surface area contributed by atoms with E-state index in [4.69, 9.17) is 20.6 Å². The van der Waals surface area contributed by atoms with E-state index in [2.05, 4.69) is 16.6 Å². The summed E-state index contributed by atoms with van der Waals surface area (Å²) in [6.45, 7) is 5.42. The number of carbonyl (C=O) groups is 3. The molecule has 42 heavy (non-hydrogen) atoms. The summed E-state index contributed by atoms with van der Waals surface area (Å²) in [5, 5.41) is 5.67. The normalized spacial score (nSPS) is 16.0. The molecule has 4 rings (SSSR count). The summed E-state index contributed by atoms with van der Waals surface area (Å²) in [5.74, 6) is 1.69. The monoisotopic (exact) mass is 569 g/mol. The zero-order chi connectivity index (χ0) is 30.1. The Kier molecular flexibility index (Phi) is 10.3. The molecule has 0 spiro atoms. The second-order valence-electron chi connectivity index (χ2n) is 9.92. The van der Waals surface area contributed by atoms with Gasteiger partial charge in [-0.3, -0.25) is 9.59 Å². The third-order valence-electron chi connectivity index (χ3n) is 7.11. The van der Waals surface area contributed by atoms with Gasteiger partial charge in [0.2, 0.25) is 5.91 Å². The SMILES string of the molecule is C#Cc1ccc(NC(=O)C(C(C)c2ccccc2)N2C(=O)N[C@H](c3ccc(OCCOCCOC)cc3)C2=O)c(C)c1. The van der Waals surface area contributed by atoms with Crippen LogP contribution in [0.2, 0.25) is 0 Å². The zero-order valence-corrected chi connectivity index (χ0v) is 24.0. The van der Waals surface area contributed by atoms with Crippen molar-refractivity contribution in [3.63, 3.8) is 0 Å². The van der Waals surface area contributed by atoms with E-state index >= 15 is 0 Å². The standard InChI is InChI=1S/C33H35N3O6/c1-5-24-11-16-28(22(2)21-24)34-31(37)30(23(3)25-9-7-6-8-10-25)36-32(38)29(35-33(36)39)26-12-14-27(15-13-26)42-20-19-41-18-17-40-4/h1,6-16,21,23,29-30H,17-20H2,2-4H3,(H,34,37)(H,35,39)/t23?,29-,30?/m1/s1. The topological polar surface area (TPSA) is 106 Å². The van der Waals surface area contributed by atoms with E-state index in [1.165, 1.54) is 0 Å². The molecule has 9 nitrogen and oxygen atoms in total. The van der Waals surface area contributed by atoms with Crippen LogP contribution < -0.4 is 15.4 Å². The molecule has 9 heteroatoms. The number of ether oxygens (including phenoxy) is 3. The number of benzene rings is 3. The van der Waals surface area contributed by atoms with Crippen LogP contribution in [0.15, 0.2) is 72.8 Å². The Balaban J connectivity index is 1.53. The van der Waals surface area contributed by atoms with Gasteiger partial charge in [0.05, 0.1) is 19.8 Å². The van der Waals surface area contributed by atoms with Gasteiger partial charge in [-0.05, 0) is 53.9 Å². The predicted octanol–water partition coefficient (Wildman–Crippen LogP) is 4.42. The molecule has 1 aliphatic heterocycles. The van der Waals surface area contributed by atoms with Crippen molar-refractivity contribution in [1.29, 1.82) is 0 Å². The fourth-order valence-electron chi connectivity index (χ4n) is 4.81. The molecule has 218 valence electrons. The second-order valence-corrected chi connectivity index (χ2v) is 9.92. The average molecular weight is 570 g/mol. The first kappa shape index (κ1) is 30.3. The fourth-order valence-corrected chi connectivity index (χ4v) is 4.81. The van der Waals surface area contributed by atoms with E-state index < -0.39 is 35.8 Å². The lowest BCUT2D eigenvalue weighted by Crippen LogP contribution is -2.50. The number of carbonyl (C=O) groups excluding carboxylic acids is 3. The summed E-state index contributed by atoms with van der Waals surface area (Å²) in [7, 11) is 1.61. The minimum absolute atomic E-state index is 0.356. The van der Waals surface area contributed by atoms with Crippen LogP contribution >= 0.6 is 0 Å². The number of rotatable bonds is 13. The number of aryl methyl sites for hydroxylation is 1. The van der Waals surface area contributed by atoms with Gasteiger partial charge in [0.1, 0.15) is 24.4 Å². The maximum atomic E-state index is 13.8. The summed E-state index contributed by atoms with van der Waals surface area (Å²) in [6, 6.07) is 18.8. The van der Waals surface area contributed by atoms with Crippen molar-refractivity contribution >= 4 is 23.5 Å². The molecule has 0 aromatic heterocycles. The third kappa shape index (κ3) is 7.16. The molecule has 1 fully saturated rings. The van der Waals surface area contributed by atoms with Crippen molar-refractivity contribution in [2.24, 2.45) is 0 Å². The molecule has 1 heterocycles. The Bertz CT molecular complexity index is 1430. The lowest BCUT2D eigenvalue weighted by Gasteiger charge is -2.30. The highest BCUT2D eigenvalue weighted by molar-refractivity contribution is 6.10. The van der Waals surface area contributed by atoms with E-state index in [1.807, 2.05) is 44.2 Å². The van der Waals surface area contributed by atoms with Gasteiger partial charge in [0.15, 0.2) is 0 Å². The number of nitrogens with one attached hydrogen (secondary N) is 2. The number of imide groups is 1. The smallest absolute Gasteiger partial charge is 0.325 e. The van der Waals surface area contributed by atoms with Gasteiger partial charge in [-0.15, -0.1) is 6.42 Å². The van der Waals surface area contributed by atoms with Crippen molar-refractivity contribution in [3.8, 4) is 18.1 Å². The second kappa shape index (κ2) is 14.3. The highest BCUT2D eigenvalue weighted by Crippen LogP contribution is 2.32. The fraction of sp³-hybridized carbons (Fsp3) is 0.303. The summed E-state index contributed by atoms with van der Waals surface area (Å²) >= 11 is 0. The average Bonchev–Trinajstić information content (AvgIpc) is 3.29. The molecule has 0 bridgehead atoms. The molecular weight excluding hydrogens is 534 g/mol. The van der Waals surface area contributed by atoms with Gasteiger partial charge in [-0.25, -0.2) is 9.69 Å². The molecule has 0 saturated carbocycles. The van der Waals surface area contributed by atoms with Crippen LogP contribution in [0.1, 0.15) is 41.1 Å². The number of anilines is 1. The lowest BCUT2D eigenvalue weighted by atomic mass is 9.91. The molecule has 1 aliphatic rings. The molecule has 4 amide bonds. The number of amides is 4. The lowest BCUT2D eigenvalue weighted by molar-refractivity contribution is -0.134. The summed E-state index contributed by atoms with van der Waals surface area (Å²) in [5.41, 5.74) is 3.39. The highest BCUT2D eigenvalue weighted by Gasteiger charge is 2.47. The van der Waals surface area contributed by atoms with Crippen LogP contribution in [0.25, 0.3) is 0 Å². The Hall–Kier alpha value is -4.65. The van der Waals surface area contributed by atoms with E-state index in [1.54, 1.807) is 49.6 Å². The van der Waals surface area contributed by atoms with Crippen LogP contribution in [0.3, 0.4) is 0 Å². The van der Waals surface area contributed by atoms with E-state index in [0.717, 1.165) is 16.0 Å². The van der Waals surface area contributed by atoms with Crippen LogP contribution in [-0.4, -0.2) is 62.3 Å². The van der Waals surface area contributed by atoms with Gasteiger partial charge in [-0.2, -0.15) is 0 Å². The van der Waals surface area contributed by atoms with Gasteiger partial charge in [0, 0.05) is 24.3 Å². The van der Waals surface area contributed by atoms with Crippen LogP contribution in [0, 0.1) is 19.3 Å². The Morgan fingerprint density at radius 1 is 1.02 bits per heavy atom. The van der Waals surface area contributed by atoms with Crippen LogP contribution in [0.4, 0.5) is 10.5 Å². The number of nitrogens with zero attached hydrogens (tertiary/aromatic N) is 1. The summed E-state index contributed by atoms with van der Waals surface area (Å²) in [4.78, 5) is 41.9. The summed E-state index contributed by atoms with van der Waals surface area (Å²) < 4.78 is 16.0. The highest BCUT2D eigenvalue weighted by atomic mass is 16.5. The first-order valence-corrected chi connectivity index (χ1v) is 13.7. The number of terminal acetylenes is 1. The number of hydrogen-bond acceptors (Lipinski definition) is 6. The number of urea groups is 1. The number of methoxy groups -OCH3 is 1. The largest absolute Gasteiger partial charge is 0.491 e. The van der Waals surface area contributed by atoms with Crippen LogP contribution in [-0.2, 0) is 19.1 Å².